The van der Waals surface area contributed by atoms with Gasteiger partial charge in [-0.2, -0.15) is 0 Å². The highest BCUT2D eigenvalue weighted by Crippen LogP contribution is 2.29. The highest BCUT2D eigenvalue weighted by atomic mass is 19.3. The summed E-state index contributed by atoms with van der Waals surface area (Å²) in [7, 11) is 0. The molecule has 0 aromatic heterocycles. The molecule has 2 rings (SSSR count). The molecule has 6 heteroatoms. The molecule has 2 N–H and O–H groups in total. The lowest BCUT2D eigenvalue weighted by Gasteiger charge is -2.31. The second-order valence-corrected chi connectivity index (χ2v) is 4.90. The number of nitrogens with one attached hydrogen (secondary N) is 1. The van der Waals surface area contributed by atoms with Gasteiger partial charge in [0.15, 0.2) is 5.54 Å². The molecule has 1 aliphatic carbocycles. The number of aliphatic carboxylic acids is 1. The van der Waals surface area contributed by atoms with Gasteiger partial charge in [0.2, 0.25) is 0 Å². The van der Waals surface area contributed by atoms with E-state index in [0.29, 0.717) is 5.56 Å². The highest BCUT2D eigenvalue weighted by Gasteiger charge is 2.44. The zero-order valence-corrected chi connectivity index (χ0v) is 10.9. The van der Waals surface area contributed by atoms with E-state index in [0.717, 1.165) is 12.8 Å². The molecule has 0 radical (unpaired) electrons. The number of benzene rings is 1. The monoisotopic (exact) mass is 285 g/mol. The summed E-state index contributed by atoms with van der Waals surface area (Å²) in [6.07, 6.45) is -0.842. The maximum atomic E-state index is 12.2. The molecule has 0 spiro atoms. The number of alkyl halides is 2. The summed E-state index contributed by atoms with van der Waals surface area (Å²) >= 11 is 0. The van der Waals surface area contributed by atoms with Gasteiger partial charge < -0.3 is 9.84 Å². The van der Waals surface area contributed by atoms with Crippen molar-refractivity contribution < 1.29 is 23.4 Å². The Labute approximate surface area is 115 Å². The second-order valence-electron chi connectivity index (χ2n) is 4.90. The fourth-order valence-electron chi connectivity index (χ4n) is 2.06. The quantitative estimate of drug-likeness (QED) is 0.767. The minimum Gasteiger partial charge on any atom is -0.480 e. The first-order valence-electron chi connectivity index (χ1n) is 6.47. The van der Waals surface area contributed by atoms with E-state index < -0.39 is 24.5 Å². The number of rotatable bonds is 8. The van der Waals surface area contributed by atoms with Gasteiger partial charge in [0.05, 0.1) is 6.61 Å². The van der Waals surface area contributed by atoms with Crippen LogP contribution in [-0.4, -0.2) is 36.8 Å². The summed E-state index contributed by atoms with van der Waals surface area (Å²) in [6, 6.07) is 8.63. The zero-order chi connectivity index (χ0) is 14.6. The summed E-state index contributed by atoms with van der Waals surface area (Å²) in [5.74, 6) is -1.12. The number of hydrogen-bond donors (Lipinski definition) is 2. The van der Waals surface area contributed by atoms with Crippen molar-refractivity contribution in [3.63, 3.8) is 0 Å². The standard InChI is InChI=1S/C14H17F2NO3/c15-12(16)8-20-9-14(13(18)19,17-11-6-7-11)10-4-2-1-3-5-10/h1-5,11-12,17H,6-9H2,(H,18,19). The molecule has 1 aliphatic rings. The van der Waals surface area contributed by atoms with Crippen LogP contribution in [-0.2, 0) is 15.1 Å². The first-order valence-corrected chi connectivity index (χ1v) is 6.47. The van der Waals surface area contributed by atoms with E-state index in [1.807, 2.05) is 0 Å². The molecule has 1 aromatic rings. The maximum Gasteiger partial charge on any atom is 0.331 e. The third-order valence-corrected chi connectivity index (χ3v) is 3.22. The summed E-state index contributed by atoms with van der Waals surface area (Å²) in [5.41, 5.74) is -0.967. The largest absolute Gasteiger partial charge is 0.480 e. The van der Waals surface area contributed by atoms with Gasteiger partial charge in [-0.3, -0.25) is 5.32 Å². The Morgan fingerprint density at radius 1 is 1.40 bits per heavy atom. The third kappa shape index (κ3) is 3.52. The van der Waals surface area contributed by atoms with Gasteiger partial charge in [-0.1, -0.05) is 30.3 Å². The Hall–Kier alpha value is -1.53. The predicted octanol–water partition coefficient (Wildman–Crippen LogP) is 2.00. The minimum absolute atomic E-state index is 0.0986. The van der Waals surface area contributed by atoms with Crippen molar-refractivity contribution in [3.05, 3.63) is 35.9 Å². The molecule has 0 bridgehead atoms. The molecule has 1 unspecified atom stereocenters. The van der Waals surface area contributed by atoms with Gasteiger partial charge in [0.25, 0.3) is 6.43 Å². The van der Waals surface area contributed by atoms with Crippen molar-refractivity contribution in [1.29, 1.82) is 0 Å². The second kappa shape index (κ2) is 6.28. The van der Waals surface area contributed by atoms with Gasteiger partial charge in [-0.05, 0) is 18.4 Å². The molecule has 0 amide bonds. The number of halogens is 2. The summed E-state index contributed by atoms with van der Waals surface area (Å²) in [5, 5.41) is 12.6. The SMILES string of the molecule is O=C(O)C(COCC(F)F)(NC1CC1)c1ccccc1. The third-order valence-electron chi connectivity index (χ3n) is 3.22. The number of carbonyl (C=O) groups is 1. The lowest BCUT2D eigenvalue weighted by Crippen LogP contribution is -2.54. The van der Waals surface area contributed by atoms with Crippen molar-refractivity contribution in [1.82, 2.24) is 5.32 Å². The van der Waals surface area contributed by atoms with Gasteiger partial charge >= 0.3 is 5.97 Å². The molecular formula is C14H17F2NO3. The van der Waals surface area contributed by atoms with E-state index in [2.05, 4.69) is 5.32 Å². The zero-order valence-electron chi connectivity index (χ0n) is 10.9. The lowest BCUT2D eigenvalue weighted by atomic mass is 9.90. The van der Waals surface area contributed by atoms with Crippen molar-refractivity contribution in [3.8, 4) is 0 Å². The number of carboxylic acids is 1. The van der Waals surface area contributed by atoms with E-state index >= 15 is 0 Å². The first-order chi connectivity index (χ1) is 9.54. The Morgan fingerprint density at radius 3 is 2.55 bits per heavy atom. The Kier molecular flexibility index (Phi) is 4.67. The lowest BCUT2D eigenvalue weighted by molar-refractivity contribution is -0.149. The summed E-state index contributed by atoms with van der Waals surface area (Å²) < 4.78 is 29.3. The molecule has 0 heterocycles. The van der Waals surface area contributed by atoms with Gasteiger partial charge in [-0.15, -0.1) is 0 Å². The molecule has 1 fully saturated rings. The van der Waals surface area contributed by atoms with E-state index in [1.165, 1.54) is 0 Å². The van der Waals surface area contributed by atoms with Gasteiger partial charge in [0.1, 0.15) is 6.61 Å². The van der Waals surface area contributed by atoms with Crippen LogP contribution in [0.2, 0.25) is 0 Å². The number of hydrogen-bond acceptors (Lipinski definition) is 3. The first kappa shape index (κ1) is 14.9. The van der Waals surface area contributed by atoms with Crippen LogP contribution < -0.4 is 5.32 Å². The van der Waals surface area contributed by atoms with E-state index in [1.54, 1.807) is 30.3 Å². The molecule has 20 heavy (non-hydrogen) atoms. The Balaban J connectivity index is 2.21. The maximum absolute atomic E-state index is 12.2. The van der Waals surface area contributed by atoms with E-state index in [9.17, 15) is 18.7 Å². The van der Waals surface area contributed by atoms with Gasteiger partial charge in [-0.25, -0.2) is 13.6 Å². The minimum atomic E-state index is -2.61. The van der Waals surface area contributed by atoms with Crippen molar-refractivity contribution in [2.24, 2.45) is 0 Å². The topological polar surface area (TPSA) is 58.6 Å². The molecular weight excluding hydrogens is 268 g/mol. The van der Waals surface area contributed by atoms with Crippen LogP contribution in [0.25, 0.3) is 0 Å². The summed E-state index contributed by atoms with van der Waals surface area (Å²) in [6.45, 7) is -1.10. The van der Waals surface area contributed by atoms with Crippen LogP contribution in [0.15, 0.2) is 30.3 Å². The summed E-state index contributed by atoms with van der Waals surface area (Å²) in [4.78, 5) is 11.7. The number of carboxylic acid groups (broad SMARTS) is 1. The van der Waals surface area contributed by atoms with Crippen LogP contribution in [0.4, 0.5) is 8.78 Å². The number of ether oxygens (including phenoxy) is 1. The van der Waals surface area contributed by atoms with Crippen LogP contribution in [0.3, 0.4) is 0 Å². The van der Waals surface area contributed by atoms with E-state index in [4.69, 9.17) is 4.74 Å². The van der Waals surface area contributed by atoms with Crippen LogP contribution >= 0.6 is 0 Å². The molecule has 1 saturated carbocycles. The molecule has 1 aromatic carbocycles. The van der Waals surface area contributed by atoms with Crippen LogP contribution in [0.5, 0.6) is 0 Å². The van der Waals surface area contributed by atoms with E-state index in [-0.39, 0.29) is 12.6 Å². The molecule has 4 nitrogen and oxygen atoms in total. The molecule has 0 aliphatic heterocycles. The smallest absolute Gasteiger partial charge is 0.331 e. The fraction of sp³-hybridized carbons (Fsp3) is 0.500. The molecule has 110 valence electrons. The van der Waals surface area contributed by atoms with Gasteiger partial charge in [0, 0.05) is 6.04 Å². The molecule has 1 atom stereocenters. The highest BCUT2D eigenvalue weighted by molar-refractivity contribution is 5.81. The predicted molar refractivity (Wildman–Crippen MR) is 68.7 cm³/mol. The normalized spacial score (nSPS) is 17.9. The fourth-order valence-corrected chi connectivity index (χ4v) is 2.06. The Bertz CT molecular complexity index is 451. The Morgan fingerprint density at radius 2 is 2.05 bits per heavy atom. The van der Waals surface area contributed by atoms with Crippen molar-refractivity contribution >= 4 is 5.97 Å². The van der Waals surface area contributed by atoms with Crippen LogP contribution in [0, 0.1) is 0 Å². The average molecular weight is 285 g/mol. The van der Waals surface area contributed by atoms with Crippen LogP contribution in [0.1, 0.15) is 18.4 Å². The van der Waals surface area contributed by atoms with Crippen molar-refractivity contribution in [2.45, 2.75) is 30.8 Å². The average Bonchev–Trinajstić information content (AvgIpc) is 3.21. The molecule has 0 saturated heterocycles. The van der Waals surface area contributed by atoms with Crippen molar-refractivity contribution in [2.75, 3.05) is 13.2 Å².